The van der Waals surface area contributed by atoms with Crippen molar-refractivity contribution in [1.82, 2.24) is 0 Å². The van der Waals surface area contributed by atoms with Crippen molar-refractivity contribution in [2.24, 2.45) is 16.7 Å². The molecule has 0 aromatic rings. The first-order valence-corrected chi connectivity index (χ1v) is 14.5. The third-order valence-electron chi connectivity index (χ3n) is 7.27. The topological polar surface area (TPSA) is 101 Å². The van der Waals surface area contributed by atoms with Gasteiger partial charge in [-0.15, -0.1) is 0 Å². The van der Waals surface area contributed by atoms with E-state index >= 15 is 0 Å². The fourth-order valence-corrected chi connectivity index (χ4v) is 8.24. The van der Waals surface area contributed by atoms with Crippen LogP contribution >= 0.6 is 0 Å². The minimum Gasteiger partial charge on any atom is -0.748 e. The van der Waals surface area contributed by atoms with Crippen LogP contribution in [0.3, 0.4) is 0 Å². The summed E-state index contributed by atoms with van der Waals surface area (Å²) in [5.41, 5.74) is -1.22. The van der Waals surface area contributed by atoms with Gasteiger partial charge in [-0.2, -0.15) is 0 Å². The van der Waals surface area contributed by atoms with E-state index in [1.807, 2.05) is 13.8 Å². The van der Waals surface area contributed by atoms with Crippen LogP contribution in [-0.2, 0) is 35.3 Å². The third-order valence-corrected chi connectivity index (χ3v) is 10.3. The van der Waals surface area contributed by atoms with Gasteiger partial charge in [-0.1, -0.05) is 40.0 Å². The summed E-state index contributed by atoms with van der Waals surface area (Å²) in [6, 6.07) is 0. The summed E-state index contributed by atoms with van der Waals surface area (Å²) in [7, 11) is -3.98. The molecule has 0 amide bonds. The lowest BCUT2D eigenvalue weighted by Gasteiger charge is -2.37. The lowest BCUT2D eigenvalue weighted by molar-refractivity contribution is -0.128. The molecule has 2 bridgehead atoms. The number of hydrogen-bond donors (Lipinski definition) is 0. The predicted molar refractivity (Wildman–Crippen MR) is 120 cm³/mol. The van der Waals surface area contributed by atoms with E-state index in [1.54, 1.807) is 0 Å². The zero-order valence-electron chi connectivity index (χ0n) is 18.7. The number of ether oxygens (including phenoxy) is 1. The van der Waals surface area contributed by atoms with Gasteiger partial charge in [0.1, 0.15) is 17.3 Å². The standard InChI is InChI=1S/C12H23O2S.C10H16O4S/c1-2-3-4-5-6-12(13)11-15-9-7-14-8-10-15;1-9(2)7-3-4-10(9,8(11)5-7)6-15(12,13)14/h2-11H2,1H3;7H,3-6H2,1-2H3,(H,12,13,14)/q+1;/p-1. The molecule has 1 aliphatic heterocycles. The second-order valence-electron chi connectivity index (χ2n) is 9.50. The molecule has 3 aliphatic rings. The maximum absolute atomic E-state index is 11.8. The Morgan fingerprint density at radius 1 is 1.20 bits per heavy atom. The van der Waals surface area contributed by atoms with E-state index in [0.717, 1.165) is 49.7 Å². The number of fused-ring (bicyclic) bond motifs is 2. The normalized spacial score (nSPS) is 28.3. The lowest BCUT2D eigenvalue weighted by Crippen LogP contribution is -2.42. The first kappa shape index (κ1) is 25.8. The molecule has 8 heteroatoms. The van der Waals surface area contributed by atoms with Crippen LogP contribution < -0.4 is 0 Å². The van der Waals surface area contributed by atoms with E-state index in [0.29, 0.717) is 29.5 Å². The molecule has 0 spiro atoms. The Balaban J connectivity index is 0.000000214. The van der Waals surface area contributed by atoms with Crippen LogP contribution in [0, 0.1) is 16.7 Å². The Bertz CT molecular complexity index is 696. The van der Waals surface area contributed by atoms with Crippen molar-refractivity contribution >= 4 is 32.6 Å². The number of ketones is 2. The van der Waals surface area contributed by atoms with Gasteiger partial charge in [-0.3, -0.25) is 9.59 Å². The monoisotopic (exact) mass is 462 g/mol. The molecule has 6 nitrogen and oxygen atoms in total. The molecule has 174 valence electrons. The van der Waals surface area contributed by atoms with Crippen LogP contribution in [-0.4, -0.2) is 60.8 Å². The molecule has 1 heterocycles. The van der Waals surface area contributed by atoms with Crippen molar-refractivity contribution in [2.45, 2.75) is 72.1 Å². The third kappa shape index (κ3) is 6.53. The molecule has 0 aromatic heterocycles. The molecule has 30 heavy (non-hydrogen) atoms. The molecule has 1 saturated heterocycles. The fraction of sp³-hybridized carbons (Fsp3) is 0.909. The van der Waals surface area contributed by atoms with Crippen LogP contribution in [0.15, 0.2) is 0 Å². The van der Waals surface area contributed by atoms with Crippen molar-refractivity contribution in [1.29, 1.82) is 0 Å². The Morgan fingerprint density at radius 2 is 1.87 bits per heavy atom. The summed E-state index contributed by atoms with van der Waals surface area (Å²) in [5.74, 6) is 3.26. The second kappa shape index (κ2) is 10.9. The number of rotatable bonds is 9. The molecular formula is C22H38O6S2. The van der Waals surface area contributed by atoms with Crippen LogP contribution in [0.4, 0.5) is 0 Å². The first-order valence-electron chi connectivity index (χ1n) is 11.2. The molecule has 3 rings (SSSR count). The van der Waals surface area contributed by atoms with Crippen LogP contribution in [0.5, 0.6) is 0 Å². The summed E-state index contributed by atoms with van der Waals surface area (Å²) in [6.45, 7) is 7.77. The number of unbranched alkanes of at least 4 members (excludes halogenated alkanes) is 3. The van der Waals surface area contributed by atoms with Crippen molar-refractivity contribution in [2.75, 3.05) is 36.2 Å². The Kier molecular flexibility index (Phi) is 9.40. The highest BCUT2D eigenvalue weighted by Crippen LogP contribution is 2.64. The second-order valence-corrected chi connectivity index (χ2v) is 13.2. The van der Waals surface area contributed by atoms with E-state index in [2.05, 4.69) is 6.92 Å². The van der Waals surface area contributed by atoms with E-state index in [1.165, 1.54) is 19.3 Å². The van der Waals surface area contributed by atoms with E-state index in [-0.39, 0.29) is 17.1 Å². The van der Waals surface area contributed by atoms with Gasteiger partial charge in [-0.25, -0.2) is 8.42 Å². The molecule has 2 saturated carbocycles. The maximum atomic E-state index is 11.8. The molecular weight excluding hydrogens is 424 g/mol. The fourth-order valence-electron chi connectivity index (χ4n) is 5.16. The highest BCUT2D eigenvalue weighted by Gasteiger charge is 2.64. The Morgan fingerprint density at radius 3 is 2.37 bits per heavy atom. The summed E-state index contributed by atoms with van der Waals surface area (Å²) >= 11 is 0. The highest BCUT2D eigenvalue weighted by atomic mass is 32.2. The largest absolute Gasteiger partial charge is 0.748 e. The zero-order valence-corrected chi connectivity index (χ0v) is 20.4. The van der Waals surface area contributed by atoms with E-state index in [4.69, 9.17) is 4.74 Å². The Hall–Kier alpha value is -0.440. The summed E-state index contributed by atoms with van der Waals surface area (Å²) in [4.78, 5) is 23.5. The van der Waals surface area contributed by atoms with Crippen molar-refractivity contribution < 1.29 is 27.3 Å². The molecule has 0 aromatic carbocycles. The van der Waals surface area contributed by atoms with Gasteiger partial charge in [0.25, 0.3) is 0 Å². The number of Topliss-reactive ketones (excluding diaryl/α,β-unsaturated/α-hetero) is 2. The Labute approximate surface area is 185 Å². The summed E-state index contributed by atoms with van der Waals surface area (Å²) in [5, 5.41) is 0. The summed E-state index contributed by atoms with van der Waals surface area (Å²) < 4.78 is 38.0. The SMILES string of the molecule is CC1(C)C2CCC1(CS(=O)(=O)[O-])C(=O)C2.CCCCCCC(=O)C[S+]1CCOCC1. The quantitative estimate of drug-likeness (QED) is 0.296. The van der Waals surface area contributed by atoms with Gasteiger partial charge in [0.05, 0.1) is 29.1 Å². The minimum absolute atomic E-state index is 0.0248. The van der Waals surface area contributed by atoms with Gasteiger partial charge in [0.15, 0.2) is 11.5 Å². The predicted octanol–water partition coefficient (Wildman–Crippen LogP) is 3.10. The number of carbonyl (C=O) groups is 2. The summed E-state index contributed by atoms with van der Waals surface area (Å²) in [6.07, 6.45) is 7.52. The number of hydrogen-bond acceptors (Lipinski definition) is 6. The van der Waals surface area contributed by atoms with Crippen molar-refractivity contribution in [3.05, 3.63) is 0 Å². The van der Waals surface area contributed by atoms with Crippen LogP contribution in [0.1, 0.15) is 72.1 Å². The molecule has 2 atom stereocenters. The molecule has 0 radical (unpaired) electrons. The maximum Gasteiger partial charge on any atom is 0.181 e. The molecule has 3 fully saturated rings. The zero-order chi connectivity index (χ0) is 22.4. The van der Waals surface area contributed by atoms with Gasteiger partial charge in [-0.05, 0) is 41.5 Å². The molecule has 2 unspecified atom stereocenters. The van der Waals surface area contributed by atoms with Crippen LogP contribution in [0.25, 0.3) is 0 Å². The van der Waals surface area contributed by atoms with Gasteiger partial charge < -0.3 is 9.29 Å². The van der Waals surface area contributed by atoms with Crippen LogP contribution in [0.2, 0.25) is 0 Å². The van der Waals surface area contributed by atoms with Crippen molar-refractivity contribution in [3.8, 4) is 0 Å². The van der Waals surface area contributed by atoms with E-state index < -0.39 is 21.3 Å². The van der Waals surface area contributed by atoms with Crippen molar-refractivity contribution in [3.63, 3.8) is 0 Å². The molecule has 0 N–H and O–H groups in total. The lowest BCUT2D eigenvalue weighted by atomic mass is 9.70. The molecule has 2 aliphatic carbocycles. The average molecular weight is 463 g/mol. The minimum atomic E-state index is -4.33. The van der Waals surface area contributed by atoms with Gasteiger partial charge in [0.2, 0.25) is 0 Å². The smallest absolute Gasteiger partial charge is 0.181 e. The average Bonchev–Trinajstić information content (AvgIpc) is 2.99. The van der Waals surface area contributed by atoms with Gasteiger partial charge >= 0.3 is 0 Å². The van der Waals surface area contributed by atoms with Gasteiger partial charge in [0, 0.05) is 18.3 Å². The van der Waals surface area contributed by atoms with E-state index in [9.17, 15) is 22.6 Å². The highest BCUT2D eigenvalue weighted by molar-refractivity contribution is 7.97. The number of carbonyl (C=O) groups excluding carboxylic acids is 2. The first-order chi connectivity index (χ1) is 14.0.